The highest BCUT2D eigenvalue weighted by Gasteiger charge is 2.19. The van der Waals surface area contributed by atoms with Crippen molar-refractivity contribution in [2.75, 3.05) is 11.9 Å². The molecule has 144 valence electrons. The summed E-state index contributed by atoms with van der Waals surface area (Å²) in [6.45, 7) is 1.19. The SMILES string of the molecule is C[C@H](OC(=O)COc1ccc2c(c1)CCC2)C(=O)Nc1ccc(C#N)c(Cl)c1. The van der Waals surface area contributed by atoms with Crippen molar-refractivity contribution in [3.05, 3.63) is 58.1 Å². The minimum absolute atomic E-state index is 0.229. The molecule has 1 aliphatic carbocycles. The minimum atomic E-state index is -1.01. The van der Waals surface area contributed by atoms with Crippen molar-refractivity contribution in [1.82, 2.24) is 0 Å². The summed E-state index contributed by atoms with van der Waals surface area (Å²) in [7, 11) is 0. The van der Waals surface area contributed by atoms with Crippen molar-refractivity contribution in [3.63, 3.8) is 0 Å². The van der Waals surface area contributed by atoms with Crippen LogP contribution in [-0.4, -0.2) is 24.6 Å². The van der Waals surface area contributed by atoms with Gasteiger partial charge in [0.2, 0.25) is 0 Å². The van der Waals surface area contributed by atoms with E-state index >= 15 is 0 Å². The highest BCUT2D eigenvalue weighted by atomic mass is 35.5. The van der Waals surface area contributed by atoms with Gasteiger partial charge in [-0.3, -0.25) is 4.79 Å². The summed E-state index contributed by atoms with van der Waals surface area (Å²) >= 11 is 5.94. The first kappa shape index (κ1) is 19.7. The Morgan fingerprint density at radius 3 is 2.75 bits per heavy atom. The number of rotatable bonds is 6. The van der Waals surface area contributed by atoms with E-state index in [-0.39, 0.29) is 11.6 Å². The van der Waals surface area contributed by atoms with Crippen LogP contribution in [0.3, 0.4) is 0 Å². The summed E-state index contributed by atoms with van der Waals surface area (Å²) in [5.74, 6) is -0.533. The second kappa shape index (κ2) is 8.77. The molecule has 2 aromatic carbocycles. The molecule has 1 aliphatic rings. The van der Waals surface area contributed by atoms with Crippen LogP contribution in [0.1, 0.15) is 30.0 Å². The third kappa shape index (κ3) is 4.81. The Labute approximate surface area is 168 Å². The zero-order chi connectivity index (χ0) is 20.1. The van der Waals surface area contributed by atoms with Gasteiger partial charge in [0, 0.05) is 5.69 Å². The average Bonchev–Trinajstić information content (AvgIpc) is 3.14. The van der Waals surface area contributed by atoms with Gasteiger partial charge in [-0.2, -0.15) is 5.26 Å². The van der Waals surface area contributed by atoms with E-state index in [0.29, 0.717) is 17.0 Å². The molecular weight excluding hydrogens is 380 g/mol. The summed E-state index contributed by atoms with van der Waals surface area (Å²) in [4.78, 5) is 24.1. The number of esters is 1. The van der Waals surface area contributed by atoms with E-state index in [1.807, 2.05) is 24.3 Å². The van der Waals surface area contributed by atoms with Gasteiger partial charge in [-0.25, -0.2) is 4.79 Å². The fourth-order valence-corrected chi connectivity index (χ4v) is 3.22. The highest BCUT2D eigenvalue weighted by molar-refractivity contribution is 6.32. The molecule has 7 heteroatoms. The highest BCUT2D eigenvalue weighted by Crippen LogP contribution is 2.26. The maximum atomic E-state index is 12.2. The lowest BCUT2D eigenvalue weighted by Crippen LogP contribution is -2.31. The molecule has 0 fully saturated rings. The molecule has 0 unspecified atom stereocenters. The van der Waals surface area contributed by atoms with Gasteiger partial charge in [0.1, 0.15) is 11.8 Å². The maximum Gasteiger partial charge on any atom is 0.344 e. The fourth-order valence-electron chi connectivity index (χ4n) is 2.99. The molecule has 0 heterocycles. The van der Waals surface area contributed by atoms with Crippen molar-refractivity contribution in [2.45, 2.75) is 32.3 Å². The van der Waals surface area contributed by atoms with E-state index in [2.05, 4.69) is 5.32 Å². The third-order valence-electron chi connectivity index (χ3n) is 4.46. The molecule has 1 atom stereocenters. The first-order valence-corrected chi connectivity index (χ1v) is 9.28. The number of anilines is 1. The molecule has 6 nitrogen and oxygen atoms in total. The second-order valence-electron chi connectivity index (χ2n) is 6.50. The third-order valence-corrected chi connectivity index (χ3v) is 4.77. The van der Waals surface area contributed by atoms with E-state index in [0.717, 1.165) is 19.3 Å². The Bertz CT molecular complexity index is 952. The normalized spacial score (nSPS) is 13.2. The van der Waals surface area contributed by atoms with Crippen molar-refractivity contribution in [1.29, 1.82) is 5.26 Å². The van der Waals surface area contributed by atoms with Gasteiger partial charge in [-0.05, 0) is 67.6 Å². The standard InChI is InChI=1S/C21H19ClN2O4/c1-13(21(26)24-17-7-5-16(11-23)19(22)10-17)28-20(25)12-27-18-8-6-14-3-2-4-15(14)9-18/h5-10,13H,2-4,12H2,1H3,(H,24,26)/t13-/m0/s1. The van der Waals surface area contributed by atoms with Crippen LogP contribution in [0.4, 0.5) is 5.69 Å². The minimum Gasteiger partial charge on any atom is -0.482 e. The molecule has 0 aliphatic heterocycles. The zero-order valence-electron chi connectivity index (χ0n) is 15.3. The van der Waals surface area contributed by atoms with Gasteiger partial charge >= 0.3 is 5.97 Å². The van der Waals surface area contributed by atoms with E-state index in [1.54, 1.807) is 6.07 Å². The molecule has 3 rings (SSSR count). The number of benzene rings is 2. The summed E-state index contributed by atoms with van der Waals surface area (Å²) in [5.41, 5.74) is 3.29. The van der Waals surface area contributed by atoms with Crippen LogP contribution in [0.25, 0.3) is 0 Å². The lowest BCUT2D eigenvalue weighted by molar-refractivity contribution is -0.155. The van der Waals surface area contributed by atoms with Crippen molar-refractivity contribution in [2.24, 2.45) is 0 Å². The Hall–Kier alpha value is -3.04. The van der Waals surface area contributed by atoms with Crippen LogP contribution >= 0.6 is 11.6 Å². The molecule has 2 aromatic rings. The summed E-state index contributed by atoms with van der Waals surface area (Å²) in [5, 5.41) is 11.7. The Morgan fingerprint density at radius 2 is 2.00 bits per heavy atom. The Kier molecular flexibility index (Phi) is 6.17. The van der Waals surface area contributed by atoms with E-state index in [1.165, 1.54) is 30.2 Å². The van der Waals surface area contributed by atoms with Gasteiger partial charge in [0.25, 0.3) is 5.91 Å². The second-order valence-corrected chi connectivity index (χ2v) is 6.91. The summed E-state index contributed by atoms with van der Waals surface area (Å²) < 4.78 is 10.6. The van der Waals surface area contributed by atoms with Gasteiger partial charge in [0.05, 0.1) is 10.6 Å². The molecule has 1 amide bonds. The van der Waals surface area contributed by atoms with Gasteiger partial charge in [0.15, 0.2) is 12.7 Å². The van der Waals surface area contributed by atoms with Crippen LogP contribution in [0.2, 0.25) is 5.02 Å². The number of amides is 1. The lowest BCUT2D eigenvalue weighted by Gasteiger charge is -2.14. The largest absolute Gasteiger partial charge is 0.482 e. The van der Waals surface area contributed by atoms with Crippen LogP contribution in [-0.2, 0) is 27.2 Å². The number of nitriles is 1. The molecule has 28 heavy (non-hydrogen) atoms. The zero-order valence-corrected chi connectivity index (χ0v) is 16.1. The number of ether oxygens (including phenoxy) is 2. The van der Waals surface area contributed by atoms with Crippen LogP contribution in [0.5, 0.6) is 5.75 Å². The number of nitrogens with zero attached hydrogens (tertiary/aromatic N) is 1. The van der Waals surface area contributed by atoms with Crippen LogP contribution in [0, 0.1) is 11.3 Å². The summed E-state index contributed by atoms with van der Waals surface area (Å²) in [6, 6.07) is 12.2. The van der Waals surface area contributed by atoms with Gasteiger partial charge in [-0.15, -0.1) is 0 Å². The van der Waals surface area contributed by atoms with Gasteiger partial charge < -0.3 is 14.8 Å². The van der Waals surface area contributed by atoms with Gasteiger partial charge in [-0.1, -0.05) is 17.7 Å². The first-order valence-electron chi connectivity index (χ1n) is 8.91. The predicted molar refractivity (Wildman–Crippen MR) is 104 cm³/mol. The molecule has 0 bridgehead atoms. The number of nitrogens with one attached hydrogen (secondary N) is 1. The Balaban J connectivity index is 1.48. The fraction of sp³-hybridized carbons (Fsp3) is 0.286. The van der Waals surface area contributed by atoms with Crippen molar-refractivity contribution < 1.29 is 19.1 Å². The molecule has 0 saturated carbocycles. The quantitative estimate of drug-likeness (QED) is 0.750. The van der Waals surface area contributed by atoms with E-state index in [4.69, 9.17) is 26.3 Å². The number of fused-ring (bicyclic) bond motifs is 1. The molecule has 0 radical (unpaired) electrons. The smallest absolute Gasteiger partial charge is 0.344 e. The molecule has 0 aromatic heterocycles. The van der Waals surface area contributed by atoms with Crippen molar-refractivity contribution >= 4 is 29.2 Å². The number of carbonyl (C=O) groups is 2. The molecule has 1 N–H and O–H groups in total. The average molecular weight is 399 g/mol. The van der Waals surface area contributed by atoms with Crippen LogP contribution < -0.4 is 10.1 Å². The number of hydrogen-bond acceptors (Lipinski definition) is 5. The van der Waals surface area contributed by atoms with E-state index in [9.17, 15) is 9.59 Å². The maximum absolute atomic E-state index is 12.2. The molecular formula is C21H19ClN2O4. The van der Waals surface area contributed by atoms with Crippen LogP contribution in [0.15, 0.2) is 36.4 Å². The van der Waals surface area contributed by atoms with Crippen molar-refractivity contribution in [3.8, 4) is 11.8 Å². The van der Waals surface area contributed by atoms with E-state index < -0.39 is 18.0 Å². The number of carbonyl (C=O) groups excluding carboxylic acids is 2. The number of aryl methyl sites for hydroxylation is 2. The first-order chi connectivity index (χ1) is 13.5. The topological polar surface area (TPSA) is 88.4 Å². The molecule has 0 saturated heterocycles. The summed E-state index contributed by atoms with van der Waals surface area (Å²) in [6.07, 6.45) is 2.23. The monoisotopic (exact) mass is 398 g/mol. The number of halogens is 1. The Morgan fingerprint density at radius 1 is 1.21 bits per heavy atom. The molecule has 0 spiro atoms. The lowest BCUT2D eigenvalue weighted by atomic mass is 10.1. The number of hydrogen-bond donors (Lipinski definition) is 1. The predicted octanol–water partition coefficient (Wildman–Crippen LogP) is 3.65.